The van der Waals surface area contributed by atoms with Crippen LogP contribution in [-0.4, -0.2) is 66.3 Å². The Kier molecular flexibility index (Phi) is 7.52. The largest absolute Gasteiger partial charge is 0.494 e. The second-order valence-electron chi connectivity index (χ2n) is 8.36. The first-order valence-electron chi connectivity index (χ1n) is 11.3. The van der Waals surface area contributed by atoms with E-state index >= 15 is 0 Å². The summed E-state index contributed by atoms with van der Waals surface area (Å²) < 4.78 is 5.43. The molecule has 2 aromatic carbocycles. The number of aromatic nitrogens is 1. The molecule has 164 valence electrons. The van der Waals surface area contributed by atoms with Gasteiger partial charge in [0.2, 0.25) is 0 Å². The lowest BCUT2D eigenvalue weighted by Crippen LogP contribution is -2.47. The Morgan fingerprint density at radius 1 is 0.935 bits per heavy atom. The van der Waals surface area contributed by atoms with E-state index in [4.69, 9.17) is 4.74 Å². The van der Waals surface area contributed by atoms with E-state index in [0.717, 1.165) is 61.4 Å². The lowest BCUT2D eigenvalue weighted by atomic mass is 10.0. The van der Waals surface area contributed by atoms with Crippen molar-refractivity contribution < 1.29 is 9.84 Å². The van der Waals surface area contributed by atoms with Gasteiger partial charge >= 0.3 is 0 Å². The maximum Gasteiger partial charge on any atom is 0.145 e. The van der Waals surface area contributed by atoms with Crippen molar-refractivity contribution in [3.8, 4) is 5.75 Å². The first kappa shape index (κ1) is 21.8. The number of fused-ring (bicyclic) bond motifs is 1. The third-order valence-electron chi connectivity index (χ3n) is 6.28. The van der Waals surface area contributed by atoms with Gasteiger partial charge in [-0.15, -0.1) is 0 Å². The topological polar surface area (TPSA) is 48.8 Å². The van der Waals surface area contributed by atoms with Crippen LogP contribution in [0, 0.1) is 0 Å². The van der Waals surface area contributed by atoms with Crippen molar-refractivity contribution in [2.24, 2.45) is 0 Å². The summed E-state index contributed by atoms with van der Waals surface area (Å²) in [6.45, 7) is 5.96. The van der Waals surface area contributed by atoms with Gasteiger partial charge in [-0.3, -0.25) is 9.88 Å². The van der Waals surface area contributed by atoms with Gasteiger partial charge in [-0.25, -0.2) is 0 Å². The number of unbranched alkanes of at least 4 members (excludes halogenated alkanes) is 1. The number of nitrogens with zero attached hydrogens (tertiary/aromatic N) is 3. The minimum atomic E-state index is -0.532. The molecular formula is C26H33N3O2. The maximum absolute atomic E-state index is 11.0. The number of ether oxygens (including phenoxy) is 1. The van der Waals surface area contributed by atoms with Gasteiger partial charge in [0, 0.05) is 44.3 Å². The normalized spacial score (nSPS) is 16.5. The Hall–Kier alpha value is -2.47. The summed E-state index contributed by atoms with van der Waals surface area (Å²) in [7, 11) is 1.65. The molecule has 1 N–H and O–H groups in total. The fourth-order valence-electron chi connectivity index (χ4n) is 4.47. The molecule has 31 heavy (non-hydrogen) atoms. The molecule has 2 heterocycles. The first-order valence-corrected chi connectivity index (χ1v) is 11.3. The number of hydrogen-bond donors (Lipinski definition) is 1. The van der Waals surface area contributed by atoms with Crippen LogP contribution in [0.25, 0.3) is 10.9 Å². The van der Waals surface area contributed by atoms with Crippen molar-refractivity contribution in [2.75, 3.05) is 46.4 Å². The van der Waals surface area contributed by atoms with Crippen molar-refractivity contribution >= 4 is 10.9 Å². The van der Waals surface area contributed by atoms with Crippen LogP contribution in [0.2, 0.25) is 0 Å². The van der Waals surface area contributed by atoms with E-state index in [9.17, 15) is 5.11 Å². The minimum absolute atomic E-state index is 0.532. The zero-order chi connectivity index (χ0) is 21.5. The number of aliphatic hydroxyl groups excluding tert-OH is 1. The van der Waals surface area contributed by atoms with Crippen LogP contribution in [0.4, 0.5) is 0 Å². The molecule has 1 saturated heterocycles. The molecule has 1 unspecified atom stereocenters. The fourth-order valence-corrected chi connectivity index (χ4v) is 4.47. The molecule has 1 fully saturated rings. The highest BCUT2D eigenvalue weighted by molar-refractivity contribution is 5.87. The maximum atomic E-state index is 11.0. The molecule has 5 heteroatoms. The third-order valence-corrected chi connectivity index (χ3v) is 6.28. The summed E-state index contributed by atoms with van der Waals surface area (Å²) >= 11 is 0. The van der Waals surface area contributed by atoms with Crippen molar-refractivity contribution in [1.29, 1.82) is 0 Å². The average molecular weight is 420 g/mol. The number of piperazine rings is 1. The lowest BCUT2D eigenvalue weighted by molar-refractivity contribution is 0.0726. The predicted molar refractivity (Wildman–Crippen MR) is 126 cm³/mol. The molecule has 1 aliphatic heterocycles. The molecule has 0 amide bonds. The van der Waals surface area contributed by atoms with E-state index in [-0.39, 0.29) is 0 Å². The van der Waals surface area contributed by atoms with E-state index < -0.39 is 6.10 Å². The monoisotopic (exact) mass is 419 g/mol. The zero-order valence-corrected chi connectivity index (χ0v) is 18.4. The summed E-state index contributed by atoms with van der Waals surface area (Å²) in [6, 6.07) is 18.5. The van der Waals surface area contributed by atoms with Crippen LogP contribution in [-0.2, 0) is 6.42 Å². The van der Waals surface area contributed by atoms with E-state index in [1.54, 1.807) is 13.3 Å². The molecule has 0 bridgehead atoms. The van der Waals surface area contributed by atoms with Crippen LogP contribution in [0.5, 0.6) is 5.75 Å². The second-order valence-corrected chi connectivity index (χ2v) is 8.36. The van der Waals surface area contributed by atoms with Crippen molar-refractivity contribution in [3.63, 3.8) is 0 Å². The molecule has 0 spiro atoms. The summed E-state index contributed by atoms with van der Waals surface area (Å²) in [5.74, 6) is 0.743. The van der Waals surface area contributed by atoms with Gasteiger partial charge in [0.25, 0.3) is 0 Å². The Morgan fingerprint density at radius 2 is 1.71 bits per heavy atom. The quantitative estimate of drug-likeness (QED) is 0.533. The first-order chi connectivity index (χ1) is 15.2. The predicted octanol–water partition coefficient (Wildman–Crippen LogP) is 3.92. The van der Waals surface area contributed by atoms with Gasteiger partial charge in [0.15, 0.2) is 0 Å². The lowest BCUT2D eigenvalue weighted by Gasteiger charge is -2.35. The summed E-state index contributed by atoms with van der Waals surface area (Å²) in [6.07, 6.45) is 4.87. The third kappa shape index (κ3) is 5.62. The van der Waals surface area contributed by atoms with Gasteiger partial charge in [0.1, 0.15) is 11.3 Å². The number of β-amino-alcohol motifs (C(OH)–C–C–N with tert-alkyl or cyclic N) is 1. The molecule has 0 radical (unpaired) electrons. The zero-order valence-electron chi connectivity index (χ0n) is 18.4. The van der Waals surface area contributed by atoms with Gasteiger partial charge in [0.05, 0.1) is 13.2 Å². The van der Waals surface area contributed by atoms with E-state index in [0.29, 0.717) is 6.54 Å². The van der Waals surface area contributed by atoms with Crippen molar-refractivity contribution in [3.05, 3.63) is 71.9 Å². The van der Waals surface area contributed by atoms with Crippen LogP contribution < -0.4 is 4.74 Å². The fraction of sp³-hybridized carbons (Fsp3) is 0.423. The van der Waals surface area contributed by atoms with Crippen LogP contribution in [0.15, 0.2) is 60.8 Å². The number of benzene rings is 2. The van der Waals surface area contributed by atoms with Gasteiger partial charge in [-0.05, 0) is 49.1 Å². The molecule has 3 aromatic rings. The van der Waals surface area contributed by atoms with Crippen LogP contribution in [0.3, 0.4) is 0 Å². The Morgan fingerprint density at radius 3 is 2.48 bits per heavy atom. The number of aryl methyl sites for hydroxylation is 1. The van der Waals surface area contributed by atoms with Gasteiger partial charge in [-0.1, -0.05) is 42.5 Å². The summed E-state index contributed by atoms with van der Waals surface area (Å²) in [5.41, 5.74) is 3.16. The molecule has 1 aromatic heterocycles. The molecular weight excluding hydrogens is 386 g/mol. The number of rotatable bonds is 9. The Bertz CT molecular complexity index is 955. The van der Waals surface area contributed by atoms with Crippen LogP contribution >= 0.6 is 0 Å². The summed E-state index contributed by atoms with van der Waals surface area (Å²) in [5, 5.41) is 11.9. The smallest absolute Gasteiger partial charge is 0.145 e. The summed E-state index contributed by atoms with van der Waals surface area (Å²) in [4.78, 5) is 9.38. The van der Waals surface area contributed by atoms with E-state index in [1.165, 1.54) is 18.4 Å². The molecule has 5 nitrogen and oxygen atoms in total. The molecule has 1 aliphatic rings. The van der Waals surface area contributed by atoms with E-state index in [1.807, 2.05) is 24.3 Å². The highest BCUT2D eigenvalue weighted by Crippen LogP contribution is 2.29. The van der Waals surface area contributed by atoms with Crippen molar-refractivity contribution in [1.82, 2.24) is 14.8 Å². The van der Waals surface area contributed by atoms with Crippen molar-refractivity contribution in [2.45, 2.75) is 25.4 Å². The Labute approximate surface area is 185 Å². The number of methoxy groups -OCH3 is 1. The van der Waals surface area contributed by atoms with Crippen LogP contribution in [0.1, 0.15) is 30.1 Å². The second kappa shape index (κ2) is 10.7. The highest BCUT2D eigenvalue weighted by atomic mass is 16.5. The SMILES string of the molecule is COc1cccc2c(C(O)CN3CCN(CCCCc4ccccc4)CC3)ccnc12. The van der Waals surface area contributed by atoms with Gasteiger partial charge < -0.3 is 14.7 Å². The van der Waals surface area contributed by atoms with E-state index in [2.05, 4.69) is 45.1 Å². The van der Waals surface area contributed by atoms with Gasteiger partial charge in [-0.2, -0.15) is 0 Å². The number of hydrogen-bond acceptors (Lipinski definition) is 5. The molecule has 1 atom stereocenters. The average Bonchev–Trinajstić information content (AvgIpc) is 2.82. The standard InChI is InChI=1S/C26H33N3O2/c1-31-25-12-7-11-23-22(13-14-27-26(23)25)24(30)20-29-18-16-28(17-19-29)15-6-5-10-21-8-3-2-4-9-21/h2-4,7-9,11-14,24,30H,5-6,10,15-20H2,1H3. The highest BCUT2D eigenvalue weighted by Gasteiger charge is 2.21. The number of aliphatic hydroxyl groups is 1. The molecule has 0 saturated carbocycles. The number of pyridine rings is 1. The number of para-hydroxylation sites is 1. The molecule has 4 rings (SSSR count). The Balaban J connectivity index is 1.24. The minimum Gasteiger partial charge on any atom is -0.494 e. The molecule has 0 aliphatic carbocycles.